The summed E-state index contributed by atoms with van der Waals surface area (Å²) in [7, 11) is 0. The van der Waals surface area contributed by atoms with Gasteiger partial charge in [-0.25, -0.2) is 0 Å². The molecule has 3 rings (SSSR count). The Balaban J connectivity index is 1.77. The number of nitrogens with one attached hydrogen (secondary N) is 1. The van der Waals surface area contributed by atoms with Gasteiger partial charge in [0.15, 0.2) is 11.5 Å². The first-order valence-corrected chi connectivity index (χ1v) is 8.01. The van der Waals surface area contributed by atoms with Crippen LogP contribution in [-0.4, -0.2) is 25.8 Å². The number of benzene rings is 1. The number of hydrogen-bond acceptors (Lipinski definition) is 3. The van der Waals surface area contributed by atoms with E-state index in [0.717, 1.165) is 37.7 Å². The second-order valence-electron chi connectivity index (χ2n) is 5.85. The Hall–Kier alpha value is -1.22. The van der Waals surface area contributed by atoms with Crippen molar-refractivity contribution in [1.29, 1.82) is 0 Å². The first kappa shape index (κ1) is 13.7. The largest absolute Gasteiger partial charge is 0.490 e. The van der Waals surface area contributed by atoms with Gasteiger partial charge in [0.25, 0.3) is 0 Å². The number of rotatable bonds is 4. The summed E-state index contributed by atoms with van der Waals surface area (Å²) in [5.41, 5.74) is 1.40. The molecule has 3 heteroatoms. The molecular formula is C17H25NO2. The van der Waals surface area contributed by atoms with Gasteiger partial charge in [-0.15, -0.1) is 0 Å². The van der Waals surface area contributed by atoms with Crippen molar-refractivity contribution in [3.8, 4) is 11.5 Å². The van der Waals surface area contributed by atoms with E-state index in [0.29, 0.717) is 12.0 Å². The minimum atomic E-state index is 0.624. The molecule has 110 valence electrons. The van der Waals surface area contributed by atoms with Crippen molar-refractivity contribution < 1.29 is 9.47 Å². The fourth-order valence-corrected chi connectivity index (χ4v) is 3.34. The molecular weight excluding hydrogens is 250 g/mol. The zero-order valence-electron chi connectivity index (χ0n) is 12.4. The third kappa shape index (κ3) is 2.93. The number of ether oxygens (including phenoxy) is 2. The Morgan fingerprint density at radius 3 is 2.80 bits per heavy atom. The molecule has 2 aliphatic rings. The maximum atomic E-state index is 5.82. The van der Waals surface area contributed by atoms with Gasteiger partial charge in [-0.3, -0.25) is 0 Å². The van der Waals surface area contributed by atoms with E-state index >= 15 is 0 Å². The Labute approximate surface area is 121 Å². The Morgan fingerprint density at radius 2 is 1.95 bits per heavy atom. The van der Waals surface area contributed by atoms with Gasteiger partial charge in [-0.05, 0) is 49.4 Å². The van der Waals surface area contributed by atoms with Gasteiger partial charge in [-0.2, -0.15) is 0 Å². The quantitative estimate of drug-likeness (QED) is 0.912. The van der Waals surface area contributed by atoms with Crippen LogP contribution in [-0.2, 0) is 0 Å². The topological polar surface area (TPSA) is 30.5 Å². The minimum absolute atomic E-state index is 0.624. The molecule has 20 heavy (non-hydrogen) atoms. The Kier molecular flexibility index (Phi) is 4.46. The predicted octanol–water partition coefficient (Wildman–Crippen LogP) is 3.48. The Morgan fingerprint density at radius 1 is 1.10 bits per heavy atom. The summed E-state index contributed by atoms with van der Waals surface area (Å²) < 4.78 is 11.5. The highest BCUT2D eigenvalue weighted by atomic mass is 16.5. The van der Waals surface area contributed by atoms with Crippen LogP contribution >= 0.6 is 0 Å². The zero-order chi connectivity index (χ0) is 13.8. The Bertz CT molecular complexity index is 447. The van der Waals surface area contributed by atoms with E-state index in [2.05, 4.69) is 30.4 Å². The van der Waals surface area contributed by atoms with Crippen molar-refractivity contribution in [3.05, 3.63) is 23.8 Å². The lowest BCUT2D eigenvalue weighted by Gasteiger charge is -2.22. The van der Waals surface area contributed by atoms with E-state index in [4.69, 9.17) is 9.47 Å². The number of hydrogen-bond donors (Lipinski definition) is 1. The summed E-state index contributed by atoms with van der Waals surface area (Å²) in [6.45, 7) is 4.87. The van der Waals surface area contributed by atoms with Gasteiger partial charge in [0.1, 0.15) is 0 Å². The lowest BCUT2D eigenvalue weighted by molar-refractivity contribution is 0.297. The van der Waals surface area contributed by atoms with Gasteiger partial charge < -0.3 is 14.8 Å². The van der Waals surface area contributed by atoms with Gasteiger partial charge in [0.2, 0.25) is 0 Å². The molecule has 1 aromatic rings. The third-order valence-electron chi connectivity index (χ3n) is 4.37. The van der Waals surface area contributed by atoms with E-state index in [1.807, 2.05) is 0 Å². The van der Waals surface area contributed by atoms with Crippen molar-refractivity contribution in [1.82, 2.24) is 5.32 Å². The number of fused-ring (bicyclic) bond motifs is 1. The van der Waals surface area contributed by atoms with Gasteiger partial charge in [0.05, 0.1) is 13.2 Å². The molecule has 1 aliphatic heterocycles. The summed E-state index contributed by atoms with van der Waals surface area (Å²) in [5, 5.41) is 3.70. The highest BCUT2D eigenvalue weighted by Crippen LogP contribution is 2.39. The van der Waals surface area contributed by atoms with Crippen LogP contribution in [0.4, 0.5) is 0 Å². The van der Waals surface area contributed by atoms with Crippen molar-refractivity contribution in [3.63, 3.8) is 0 Å². The highest BCUT2D eigenvalue weighted by molar-refractivity contribution is 5.45. The van der Waals surface area contributed by atoms with Crippen molar-refractivity contribution in [2.75, 3.05) is 19.8 Å². The molecule has 3 nitrogen and oxygen atoms in total. The summed E-state index contributed by atoms with van der Waals surface area (Å²) in [5.74, 6) is 2.46. The van der Waals surface area contributed by atoms with E-state index in [9.17, 15) is 0 Å². The molecule has 1 fully saturated rings. The molecule has 0 spiro atoms. The summed E-state index contributed by atoms with van der Waals surface area (Å²) in [6.07, 6.45) is 6.05. The molecule has 0 bridgehead atoms. The molecule has 0 radical (unpaired) electrons. The lowest BCUT2D eigenvalue weighted by atomic mass is 9.93. The average Bonchev–Trinajstić information content (AvgIpc) is 2.81. The smallest absolute Gasteiger partial charge is 0.161 e. The fourth-order valence-electron chi connectivity index (χ4n) is 3.34. The van der Waals surface area contributed by atoms with Crippen LogP contribution in [0.2, 0.25) is 0 Å². The van der Waals surface area contributed by atoms with Crippen molar-refractivity contribution in [2.24, 2.45) is 0 Å². The second kappa shape index (κ2) is 6.49. The molecule has 1 heterocycles. The van der Waals surface area contributed by atoms with Crippen LogP contribution in [0.3, 0.4) is 0 Å². The maximum absolute atomic E-state index is 5.82. The molecule has 1 N–H and O–H groups in total. The summed E-state index contributed by atoms with van der Waals surface area (Å²) in [6, 6.07) is 7.15. The minimum Gasteiger partial charge on any atom is -0.490 e. The third-order valence-corrected chi connectivity index (χ3v) is 4.37. The van der Waals surface area contributed by atoms with Gasteiger partial charge >= 0.3 is 0 Å². The SMILES string of the molecule is CCCNC1CCCC1c1ccc2c(c1)OCCCO2. The van der Waals surface area contributed by atoms with Crippen LogP contribution in [0.1, 0.15) is 50.5 Å². The molecule has 1 saturated carbocycles. The van der Waals surface area contributed by atoms with Crippen LogP contribution in [0, 0.1) is 0 Å². The maximum Gasteiger partial charge on any atom is 0.161 e. The summed E-state index contributed by atoms with van der Waals surface area (Å²) in [4.78, 5) is 0. The second-order valence-corrected chi connectivity index (χ2v) is 5.85. The first-order valence-electron chi connectivity index (χ1n) is 8.01. The molecule has 1 aromatic carbocycles. The van der Waals surface area contributed by atoms with Crippen LogP contribution < -0.4 is 14.8 Å². The summed E-state index contributed by atoms with van der Waals surface area (Å²) >= 11 is 0. The van der Waals surface area contributed by atoms with Crippen molar-refractivity contribution >= 4 is 0 Å². The molecule has 2 atom stereocenters. The van der Waals surface area contributed by atoms with E-state index in [-0.39, 0.29) is 0 Å². The highest BCUT2D eigenvalue weighted by Gasteiger charge is 2.28. The molecule has 1 aliphatic carbocycles. The molecule has 2 unspecified atom stereocenters. The normalized spacial score (nSPS) is 25.4. The lowest BCUT2D eigenvalue weighted by Crippen LogP contribution is -2.31. The fraction of sp³-hybridized carbons (Fsp3) is 0.647. The zero-order valence-corrected chi connectivity index (χ0v) is 12.4. The van der Waals surface area contributed by atoms with E-state index in [1.165, 1.54) is 31.2 Å². The van der Waals surface area contributed by atoms with Crippen LogP contribution in [0.25, 0.3) is 0 Å². The van der Waals surface area contributed by atoms with Crippen LogP contribution in [0.15, 0.2) is 18.2 Å². The van der Waals surface area contributed by atoms with Gasteiger partial charge in [0, 0.05) is 12.5 Å². The van der Waals surface area contributed by atoms with Crippen molar-refractivity contribution in [2.45, 2.75) is 51.0 Å². The molecule has 0 aromatic heterocycles. The first-order chi connectivity index (χ1) is 9.88. The predicted molar refractivity (Wildman–Crippen MR) is 80.7 cm³/mol. The molecule has 0 saturated heterocycles. The average molecular weight is 275 g/mol. The van der Waals surface area contributed by atoms with E-state index < -0.39 is 0 Å². The monoisotopic (exact) mass is 275 g/mol. The standard InChI is InChI=1S/C17H25NO2/c1-2-9-18-15-6-3-5-14(15)13-7-8-16-17(12-13)20-11-4-10-19-16/h7-8,12,14-15,18H,2-6,9-11H2,1H3. The molecule has 0 amide bonds. The van der Waals surface area contributed by atoms with Crippen LogP contribution in [0.5, 0.6) is 11.5 Å². The van der Waals surface area contributed by atoms with E-state index in [1.54, 1.807) is 0 Å². The van der Waals surface area contributed by atoms with Gasteiger partial charge in [-0.1, -0.05) is 19.4 Å².